The number of halogens is 2. The second-order valence-electron chi connectivity index (χ2n) is 6.57. The standard InChI is InChI=1S/C17H22Cl2N2O2/c18-13-4-5-14(22)16(17(13)19)10-6-7-20-12(8-10)9-15(23)21-11-2-1-3-11/h4-5,10-12,20,22H,1-3,6-9H2,(H,21,23)/t10-,12+/m0/s1. The normalized spacial score (nSPS) is 25.0. The second kappa shape index (κ2) is 7.29. The van der Waals surface area contributed by atoms with Crippen LogP contribution in [0.3, 0.4) is 0 Å². The second-order valence-corrected chi connectivity index (χ2v) is 7.35. The number of phenols is 1. The van der Waals surface area contributed by atoms with Gasteiger partial charge in [-0.25, -0.2) is 0 Å². The van der Waals surface area contributed by atoms with Crippen molar-refractivity contribution in [1.29, 1.82) is 0 Å². The molecule has 1 aromatic rings. The van der Waals surface area contributed by atoms with Crippen molar-refractivity contribution in [3.63, 3.8) is 0 Å². The SMILES string of the molecule is O=C(C[C@H]1C[C@@H](c2c(O)ccc(Cl)c2Cl)CCN1)NC1CCC1. The molecule has 1 heterocycles. The van der Waals surface area contributed by atoms with Crippen LogP contribution >= 0.6 is 23.2 Å². The van der Waals surface area contributed by atoms with Gasteiger partial charge < -0.3 is 15.7 Å². The third-order valence-electron chi connectivity index (χ3n) is 4.91. The van der Waals surface area contributed by atoms with Gasteiger partial charge in [0.2, 0.25) is 5.91 Å². The Morgan fingerprint density at radius 1 is 1.30 bits per heavy atom. The molecule has 1 aliphatic heterocycles. The average Bonchev–Trinajstić information content (AvgIpc) is 2.48. The Balaban J connectivity index is 1.64. The first-order chi connectivity index (χ1) is 11.0. The number of carbonyl (C=O) groups is 1. The van der Waals surface area contributed by atoms with E-state index in [1.807, 2.05) is 0 Å². The number of piperidine rings is 1. The molecule has 4 nitrogen and oxygen atoms in total. The van der Waals surface area contributed by atoms with Crippen LogP contribution in [-0.2, 0) is 4.79 Å². The van der Waals surface area contributed by atoms with Crippen LogP contribution in [0.15, 0.2) is 12.1 Å². The summed E-state index contributed by atoms with van der Waals surface area (Å²) in [4.78, 5) is 12.1. The van der Waals surface area contributed by atoms with Crippen LogP contribution < -0.4 is 10.6 Å². The van der Waals surface area contributed by atoms with Crippen LogP contribution in [-0.4, -0.2) is 29.6 Å². The fraction of sp³-hybridized carbons (Fsp3) is 0.588. The summed E-state index contributed by atoms with van der Waals surface area (Å²) in [5.74, 6) is 0.405. The van der Waals surface area contributed by atoms with E-state index >= 15 is 0 Å². The van der Waals surface area contributed by atoms with Gasteiger partial charge in [-0.2, -0.15) is 0 Å². The molecule has 126 valence electrons. The zero-order chi connectivity index (χ0) is 16.4. The van der Waals surface area contributed by atoms with Crippen LogP contribution in [0.2, 0.25) is 10.0 Å². The highest BCUT2D eigenvalue weighted by Crippen LogP contribution is 2.41. The summed E-state index contributed by atoms with van der Waals surface area (Å²) in [7, 11) is 0. The van der Waals surface area contributed by atoms with Gasteiger partial charge in [0, 0.05) is 24.1 Å². The van der Waals surface area contributed by atoms with E-state index in [9.17, 15) is 9.90 Å². The molecule has 2 atom stereocenters. The highest BCUT2D eigenvalue weighted by molar-refractivity contribution is 6.42. The highest BCUT2D eigenvalue weighted by Gasteiger charge is 2.29. The van der Waals surface area contributed by atoms with Crippen LogP contribution in [0.4, 0.5) is 0 Å². The number of amides is 1. The van der Waals surface area contributed by atoms with E-state index in [4.69, 9.17) is 23.2 Å². The van der Waals surface area contributed by atoms with Gasteiger partial charge in [0.1, 0.15) is 5.75 Å². The van der Waals surface area contributed by atoms with Gasteiger partial charge in [-0.15, -0.1) is 0 Å². The van der Waals surface area contributed by atoms with E-state index in [2.05, 4.69) is 10.6 Å². The number of benzene rings is 1. The lowest BCUT2D eigenvalue weighted by molar-refractivity contribution is -0.122. The molecule has 0 spiro atoms. The molecule has 1 aliphatic carbocycles. The Bertz CT molecular complexity index is 590. The van der Waals surface area contributed by atoms with Crippen molar-refractivity contribution >= 4 is 29.1 Å². The number of hydrogen-bond acceptors (Lipinski definition) is 3. The minimum Gasteiger partial charge on any atom is -0.508 e. The van der Waals surface area contributed by atoms with Crippen LogP contribution in [0.25, 0.3) is 0 Å². The summed E-state index contributed by atoms with van der Waals surface area (Å²) in [5.41, 5.74) is 0.713. The number of phenolic OH excluding ortho intramolecular Hbond substituents is 1. The average molecular weight is 357 g/mol. The van der Waals surface area contributed by atoms with Crippen molar-refractivity contribution in [1.82, 2.24) is 10.6 Å². The number of aromatic hydroxyl groups is 1. The van der Waals surface area contributed by atoms with Crippen molar-refractivity contribution in [2.24, 2.45) is 0 Å². The van der Waals surface area contributed by atoms with Crippen LogP contribution in [0, 0.1) is 0 Å². The lowest BCUT2D eigenvalue weighted by Gasteiger charge is -2.32. The first kappa shape index (κ1) is 16.9. The molecule has 1 amide bonds. The molecule has 1 saturated carbocycles. The number of hydrogen-bond donors (Lipinski definition) is 3. The summed E-state index contributed by atoms with van der Waals surface area (Å²) in [6, 6.07) is 3.66. The highest BCUT2D eigenvalue weighted by atomic mass is 35.5. The molecule has 23 heavy (non-hydrogen) atoms. The molecular weight excluding hydrogens is 335 g/mol. The van der Waals surface area contributed by atoms with Gasteiger partial charge in [-0.1, -0.05) is 23.2 Å². The van der Waals surface area contributed by atoms with Gasteiger partial charge in [0.05, 0.1) is 10.0 Å². The number of nitrogens with one attached hydrogen (secondary N) is 2. The van der Waals surface area contributed by atoms with Crippen molar-refractivity contribution in [2.45, 2.75) is 56.5 Å². The van der Waals surface area contributed by atoms with Crippen LogP contribution in [0.5, 0.6) is 5.75 Å². The lowest BCUT2D eigenvalue weighted by Crippen LogP contribution is -2.45. The molecule has 2 fully saturated rings. The van der Waals surface area contributed by atoms with Gasteiger partial charge in [0.25, 0.3) is 0 Å². The Morgan fingerprint density at radius 3 is 2.78 bits per heavy atom. The first-order valence-corrected chi connectivity index (χ1v) is 8.99. The maximum absolute atomic E-state index is 12.1. The Hall–Kier alpha value is -0.970. The Morgan fingerprint density at radius 2 is 2.09 bits per heavy atom. The lowest BCUT2D eigenvalue weighted by atomic mass is 9.84. The predicted molar refractivity (Wildman–Crippen MR) is 92.3 cm³/mol. The maximum Gasteiger partial charge on any atom is 0.221 e. The fourth-order valence-electron chi connectivity index (χ4n) is 3.43. The molecule has 0 bridgehead atoms. The predicted octanol–water partition coefficient (Wildman–Crippen LogP) is 3.59. The molecule has 6 heteroatoms. The summed E-state index contributed by atoms with van der Waals surface area (Å²) >= 11 is 12.4. The largest absolute Gasteiger partial charge is 0.508 e. The first-order valence-electron chi connectivity index (χ1n) is 8.24. The van der Waals surface area contributed by atoms with E-state index in [-0.39, 0.29) is 23.6 Å². The van der Waals surface area contributed by atoms with E-state index in [0.717, 1.165) is 32.2 Å². The summed E-state index contributed by atoms with van der Waals surface area (Å²) in [5, 5.41) is 17.5. The molecule has 1 aromatic carbocycles. The Labute approximate surface area is 146 Å². The smallest absolute Gasteiger partial charge is 0.221 e. The van der Waals surface area contributed by atoms with Crippen molar-refractivity contribution < 1.29 is 9.90 Å². The number of rotatable bonds is 4. The fourth-order valence-corrected chi connectivity index (χ4v) is 3.91. The van der Waals surface area contributed by atoms with Crippen molar-refractivity contribution in [2.75, 3.05) is 6.54 Å². The molecule has 3 rings (SSSR count). The van der Waals surface area contributed by atoms with E-state index in [0.29, 0.717) is 28.1 Å². The van der Waals surface area contributed by atoms with E-state index in [1.54, 1.807) is 12.1 Å². The van der Waals surface area contributed by atoms with E-state index < -0.39 is 0 Å². The molecule has 0 unspecified atom stereocenters. The van der Waals surface area contributed by atoms with Crippen molar-refractivity contribution in [3.8, 4) is 5.75 Å². The van der Waals surface area contributed by atoms with Crippen molar-refractivity contribution in [3.05, 3.63) is 27.7 Å². The molecule has 0 aromatic heterocycles. The molecule has 2 aliphatic rings. The third-order valence-corrected chi connectivity index (χ3v) is 5.73. The zero-order valence-electron chi connectivity index (χ0n) is 12.9. The van der Waals surface area contributed by atoms with Gasteiger partial charge in [0.15, 0.2) is 0 Å². The maximum atomic E-state index is 12.1. The summed E-state index contributed by atoms with van der Waals surface area (Å²) in [6.45, 7) is 0.800. The molecule has 1 saturated heterocycles. The molecule has 3 N–H and O–H groups in total. The topological polar surface area (TPSA) is 61.4 Å². The van der Waals surface area contributed by atoms with Crippen LogP contribution in [0.1, 0.15) is 50.0 Å². The third kappa shape index (κ3) is 3.93. The quantitative estimate of drug-likeness (QED) is 0.772. The monoisotopic (exact) mass is 356 g/mol. The molecule has 0 radical (unpaired) electrons. The van der Waals surface area contributed by atoms with Gasteiger partial charge in [-0.05, 0) is 56.7 Å². The van der Waals surface area contributed by atoms with E-state index in [1.165, 1.54) is 6.42 Å². The Kier molecular flexibility index (Phi) is 5.34. The minimum absolute atomic E-state index is 0.100. The van der Waals surface area contributed by atoms with Gasteiger partial charge in [-0.3, -0.25) is 4.79 Å². The zero-order valence-corrected chi connectivity index (χ0v) is 14.5. The minimum atomic E-state index is 0.100. The number of carbonyl (C=O) groups excluding carboxylic acids is 1. The van der Waals surface area contributed by atoms with Gasteiger partial charge >= 0.3 is 0 Å². The summed E-state index contributed by atoms with van der Waals surface area (Å²) < 4.78 is 0. The molecular formula is C17H22Cl2N2O2. The summed E-state index contributed by atoms with van der Waals surface area (Å²) in [6.07, 6.45) is 5.50.